The minimum Gasteiger partial charge on any atom is -0.493 e. The van der Waals surface area contributed by atoms with Crippen molar-refractivity contribution >= 4 is 23.6 Å². The average molecular weight is 724 g/mol. The number of hydrogen-bond donors (Lipinski definition) is 0. The Morgan fingerprint density at radius 1 is 0.808 bits per heavy atom. The maximum atomic E-state index is 13.7. The molecule has 0 unspecified atom stereocenters. The molecule has 0 radical (unpaired) electrons. The second-order valence-electron chi connectivity index (χ2n) is 12.8. The SMILES string of the molecule is Cc1cc(F)cc(COc2ccc(Oc3c(C)cc(C=CC(=O)N4CCN(Cc5ccc(CCOc6ccc(F)cc6)cc5)CC4)cc3Cl)nc2)c1. The number of amides is 1. The number of aryl methyl sites for hydroxylation is 2. The van der Waals surface area contributed by atoms with Gasteiger partial charge in [-0.1, -0.05) is 41.9 Å². The molecule has 6 rings (SSSR count). The van der Waals surface area contributed by atoms with Crippen molar-refractivity contribution in [3.8, 4) is 23.1 Å². The summed E-state index contributed by atoms with van der Waals surface area (Å²) in [6, 6.07) is 26.4. The molecule has 1 aromatic heterocycles. The van der Waals surface area contributed by atoms with Crippen LogP contribution in [0.4, 0.5) is 8.78 Å². The third kappa shape index (κ3) is 10.4. The number of ether oxygens (including phenoxy) is 3. The van der Waals surface area contributed by atoms with Crippen LogP contribution in [0.5, 0.6) is 23.1 Å². The molecule has 1 aliphatic rings. The molecule has 1 saturated heterocycles. The van der Waals surface area contributed by atoms with Crippen LogP contribution in [0.2, 0.25) is 5.02 Å². The number of halogens is 3. The summed E-state index contributed by atoms with van der Waals surface area (Å²) >= 11 is 6.60. The van der Waals surface area contributed by atoms with Gasteiger partial charge in [-0.3, -0.25) is 9.69 Å². The first-order chi connectivity index (χ1) is 25.2. The van der Waals surface area contributed by atoms with Gasteiger partial charge >= 0.3 is 0 Å². The van der Waals surface area contributed by atoms with Gasteiger partial charge in [-0.25, -0.2) is 13.8 Å². The lowest BCUT2D eigenvalue weighted by Gasteiger charge is -2.34. The predicted octanol–water partition coefficient (Wildman–Crippen LogP) is 8.98. The van der Waals surface area contributed by atoms with Gasteiger partial charge in [0.1, 0.15) is 29.7 Å². The van der Waals surface area contributed by atoms with E-state index in [4.69, 9.17) is 25.8 Å². The minimum absolute atomic E-state index is 0.0417. The molecule has 2 heterocycles. The van der Waals surface area contributed by atoms with Crippen LogP contribution in [0.3, 0.4) is 0 Å². The number of aromatic nitrogens is 1. The van der Waals surface area contributed by atoms with Gasteiger partial charge in [0, 0.05) is 51.3 Å². The molecular weight excluding hydrogens is 684 g/mol. The van der Waals surface area contributed by atoms with Crippen molar-refractivity contribution in [1.82, 2.24) is 14.8 Å². The van der Waals surface area contributed by atoms with Crippen LogP contribution in [0, 0.1) is 25.5 Å². The Balaban J connectivity index is 0.935. The molecule has 0 saturated carbocycles. The molecule has 5 aromatic rings. The Morgan fingerprint density at radius 2 is 1.54 bits per heavy atom. The summed E-state index contributed by atoms with van der Waals surface area (Å²) in [5, 5.41) is 0.399. The molecule has 0 N–H and O–H groups in total. The van der Waals surface area contributed by atoms with E-state index >= 15 is 0 Å². The predicted molar refractivity (Wildman–Crippen MR) is 199 cm³/mol. The van der Waals surface area contributed by atoms with Gasteiger partial charge in [-0.05, 0) is 108 Å². The zero-order valence-corrected chi connectivity index (χ0v) is 29.9. The Kier molecular flexibility index (Phi) is 12.2. The number of rotatable bonds is 13. The molecule has 0 atom stereocenters. The van der Waals surface area contributed by atoms with Crippen LogP contribution >= 0.6 is 11.6 Å². The van der Waals surface area contributed by atoms with E-state index in [9.17, 15) is 13.6 Å². The van der Waals surface area contributed by atoms with Gasteiger partial charge in [0.2, 0.25) is 11.8 Å². The maximum absolute atomic E-state index is 13.7. The van der Waals surface area contributed by atoms with E-state index in [-0.39, 0.29) is 24.1 Å². The summed E-state index contributed by atoms with van der Waals surface area (Å²) in [6.45, 7) is 8.15. The monoisotopic (exact) mass is 723 g/mol. The van der Waals surface area contributed by atoms with E-state index < -0.39 is 0 Å². The number of hydrogen-bond acceptors (Lipinski definition) is 6. The highest BCUT2D eigenvalue weighted by molar-refractivity contribution is 6.32. The lowest BCUT2D eigenvalue weighted by molar-refractivity contribution is -0.127. The fraction of sp³-hybridized carbons (Fsp3) is 0.238. The fourth-order valence-electron chi connectivity index (χ4n) is 5.95. The van der Waals surface area contributed by atoms with E-state index in [0.29, 0.717) is 47.8 Å². The average Bonchev–Trinajstić information content (AvgIpc) is 3.13. The van der Waals surface area contributed by atoms with Crippen molar-refractivity contribution in [2.24, 2.45) is 0 Å². The van der Waals surface area contributed by atoms with Crippen LogP contribution in [0.15, 0.2) is 103 Å². The smallest absolute Gasteiger partial charge is 0.246 e. The standard InChI is InChI=1S/C42H40ClF2N3O4/c1-29-21-34(24-36(45)22-29)28-51-38-12-13-40(46-26-38)52-42-30(2)23-33(25-39(42)43)7-14-41(49)48-18-16-47(17-19-48)27-32-5-3-31(4-6-32)15-20-50-37-10-8-35(44)9-11-37/h3-14,21-26H,15-20,27-28H2,1-2H3. The highest BCUT2D eigenvalue weighted by Gasteiger charge is 2.20. The Bertz CT molecular complexity index is 1950. The Hall–Kier alpha value is -5.25. The molecule has 7 nitrogen and oxygen atoms in total. The lowest BCUT2D eigenvalue weighted by atomic mass is 10.1. The Labute approximate surface area is 308 Å². The topological polar surface area (TPSA) is 64.1 Å². The molecule has 52 heavy (non-hydrogen) atoms. The summed E-state index contributed by atoms with van der Waals surface area (Å²) < 4.78 is 44.2. The second kappa shape index (κ2) is 17.3. The largest absolute Gasteiger partial charge is 0.493 e. The van der Waals surface area contributed by atoms with Crippen molar-refractivity contribution in [2.75, 3.05) is 32.8 Å². The highest BCUT2D eigenvalue weighted by atomic mass is 35.5. The van der Waals surface area contributed by atoms with Gasteiger partial charge in [0.25, 0.3) is 0 Å². The van der Waals surface area contributed by atoms with Crippen LogP contribution in [0.1, 0.15) is 33.4 Å². The van der Waals surface area contributed by atoms with Gasteiger partial charge in [-0.15, -0.1) is 0 Å². The van der Waals surface area contributed by atoms with Gasteiger partial charge in [0.15, 0.2) is 5.75 Å². The van der Waals surface area contributed by atoms with Gasteiger partial charge in [0.05, 0.1) is 17.8 Å². The molecule has 0 bridgehead atoms. The molecule has 0 spiro atoms. The summed E-state index contributed by atoms with van der Waals surface area (Å²) in [4.78, 5) is 21.6. The van der Waals surface area contributed by atoms with E-state index in [1.165, 1.54) is 35.4 Å². The lowest BCUT2D eigenvalue weighted by Crippen LogP contribution is -2.47. The summed E-state index contributed by atoms with van der Waals surface area (Å²) in [6.07, 6.45) is 5.67. The Morgan fingerprint density at radius 3 is 2.23 bits per heavy atom. The quantitative estimate of drug-likeness (QED) is 0.113. The van der Waals surface area contributed by atoms with Gasteiger partial charge in [-0.2, -0.15) is 0 Å². The van der Waals surface area contributed by atoms with E-state index in [1.807, 2.05) is 30.9 Å². The third-order valence-electron chi connectivity index (χ3n) is 8.68. The number of carbonyl (C=O) groups excluding carboxylic acids is 1. The number of piperazine rings is 1. The molecule has 268 valence electrons. The van der Waals surface area contributed by atoms with Crippen molar-refractivity contribution in [1.29, 1.82) is 0 Å². The maximum Gasteiger partial charge on any atom is 0.246 e. The van der Waals surface area contributed by atoms with Crippen molar-refractivity contribution in [3.63, 3.8) is 0 Å². The molecule has 0 aliphatic carbocycles. The zero-order valence-electron chi connectivity index (χ0n) is 29.2. The second-order valence-corrected chi connectivity index (χ2v) is 13.2. The van der Waals surface area contributed by atoms with E-state index in [0.717, 1.165) is 48.3 Å². The first-order valence-electron chi connectivity index (χ1n) is 17.2. The van der Waals surface area contributed by atoms with Crippen LogP contribution in [-0.2, 0) is 24.4 Å². The molecular formula is C42H40ClF2N3O4. The van der Waals surface area contributed by atoms with Crippen LogP contribution in [-0.4, -0.2) is 53.5 Å². The molecule has 10 heteroatoms. The summed E-state index contributed by atoms with van der Waals surface area (Å²) in [7, 11) is 0. The van der Waals surface area contributed by atoms with E-state index in [2.05, 4.69) is 34.1 Å². The van der Waals surface area contributed by atoms with Crippen molar-refractivity contribution in [2.45, 2.75) is 33.4 Å². The summed E-state index contributed by atoms with van der Waals surface area (Å²) in [5.74, 6) is 1.39. The van der Waals surface area contributed by atoms with Crippen LogP contribution < -0.4 is 14.2 Å². The highest BCUT2D eigenvalue weighted by Crippen LogP contribution is 2.34. The molecule has 4 aromatic carbocycles. The molecule has 1 amide bonds. The fourth-order valence-corrected chi connectivity index (χ4v) is 6.26. The first-order valence-corrected chi connectivity index (χ1v) is 17.5. The third-order valence-corrected chi connectivity index (χ3v) is 8.96. The molecule has 1 aliphatic heterocycles. The first kappa shape index (κ1) is 36.5. The number of nitrogens with zero attached hydrogens (tertiary/aromatic N) is 3. The number of pyridine rings is 1. The summed E-state index contributed by atoms with van der Waals surface area (Å²) in [5.41, 5.74) is 5.54. The van der Waals surface area contributed by atoms with Crippen molar-refractivity contribution < 1.29 is 27.8 Å². The normalized spacial score (nSPS) is 13.4. The van der Waals surface area contributed by atoms with Crippen LogP contribution in [0.25, 0.3) is 6.08 Å². The number of benzene rings is 4. The van der Waals surface area contributed by atoms with Gasteiger partial charge < -0.3 is 19.1 Å². The minimum atomic E-state index is -0.296. The van der Waals surface area contributed by atoms with E-state index in [1.54, 1.807) is 48.7 Å². The number of carbonyl (C=O) groups is 1. The molecule has 1 fully saturated rings. The zero-order chi connectivity index (χ0) is 36.5. The van der Waals surface area contributed by atoms with Crippen molar-refractivity contribution in [3.05, 3.63) is 153 Å².